The number of hydrazine groups is 1. The minimum atomic E-state index is -1.21. The number of cyclic esters (lactones) is 1. The quantitative estimate of drug-likeness (QED) is 0.396. The molecule has 2 aliphatic heterocycles. The molecule has 3 rings (SSSR count). The summed E-state index contributed by atoms with van der Waals surface area (Å²) in [4.78, 5) is 56.6. The molecule has 0 saturated carbocycles. The maximum atomic E-state index is 13.0. The predicted molar refractivity (Wildman–Crippen MR) is 148 cm³/mol. The highest BCUT2D eigenvalue weighted by molar-refractivity contribution is 6.53. The molecular weight excluding hydrogens is 567 g/mol. The van der Waals surface area contributed by atoms with Crippen LogP contribution in [0.3, 0.4) is 0 Å². The zero-order valence-electron chi connectivity index (χ0n) is 23.5. The number of pyridine rings is 1. The van der Waals surface area contributed by atoms with Crippen molar-refractivity contribution in [1.82, 2.24) is 20.3 Å². The number of hydrogen-bond donors (Lipinski definition) is 1. The van der Waals surface area contributed by atoms with Crippen LogP contribution >= 0.6 is 23.2 Å². The standard InChI is InChI=1S/C25H36Cl2N6O7/c1-24(2,3)39-22(36)32-11-9-30(10-12-33(32)23(37)40-25(4,5)6)18-8-7-16(13-28-18)31-15-17(38-21(31)35)14-29-20(34)19(26)27/h7-8,13,17,19H,9-12,14-15H2,1-6H3,(H,29,34)/t17-/m0/s1. The van der Waals surface area contributed by atoms with E-state index in [2.05, 4.69) is 10.3 Å². The lowest BCUT2D eigenvalue weighted by Gasteiger charge is -2.35. The van der Waals surface area contributed by atoms with Crippen molar-refractivity contribution in [2.45, 2.75) is 63.7 Å². The summed E-state index contributed by atoms with van der Waals surface area (Å²) < 4.78 is 16.4. The lowest BCUT2D eigenvalue weighted by atomic mass is 10.2. The number of alkyl halides is 2. The van der Waals surface area contributed by atoms with Gasteiger partial charge in [-0.3, -0.25) is 9.69 Å². The van der Waals surface area contributed by atoms with Crippen LogP contribution in [0.25, 0.3) is 0 Å². The van der Waals surface area contributed by atoms with Crippen molar-refractivity contribution < 1.29 is 33.4 Å². The van der Waals surface area contributed by atoms with Gasteiger partial charge in [-0.15, -0.1) is 0 Å². The number of carbonyl (C=O) groups excluding carboxylic acids is 4. The van der Waals surface area contributed by atoms with Crippen molar-refractivity contribution in [3.8, 4) is 0 Å². The Morgan fingerprint density at radius 3 is 2.00 bits per heavy atom. The average molecular weight is 604 g/mol. The SMILES string of the molecule is CC(C)(C)OC(=O)N1CCN(c2ccc(N3C[C@H](CNC(=O)C(Cl)Cl)OC3=O)cn2)CCN1C(=O)OC(C)(C)C. The maximum Gasteiger partial charge on any atom is 0.429 e. The molecule has 4 amide bonds. The van der Waals surface area contributed by atoms with E-state index in [9.17, 15) is 19.2 Å². The first-order chi connectivity index (χ1) is 18.5. The molecule has 0 bridgehead atoms. The van der Waals surface area contributed by atoms with Crippen LogP contribution in [0.5, 0.6) is 0 Å². The summed E-state index contributed by atoms with van der Waals surface area (Å²) in [6.45, 7) is 11.8. The zero-order valence-corrected chi connectivity index (χ0v) is 25.0. The van der Waals surface area contributed by atoms with Crippen LogP contribution in [0.15, 0.2) is 18.3 Å². The Kier molecular flexibility index (Phi) is 9.83. The molecule has 0 aliphatic carbocycles. The molecular formula is C25H36Cl2N6O7. The van der Waals surface area contributed by atoms with Crippen LogP contribution in [-0.4, -0.2) is 101 Å². The third-order valence-electron chi connectivity index (χ3n) is 5.61. The van der Waals surface area contributed by atoms with E-state index in [1.807, 2.05) is 4.90 Å². The van der Waals surface area contributed by atoms with Gasteiger partial charge in [0.15, 0.2) is 4.84 Å². The van der Waals surface area contributed by atoms with Gasteiger partial charge in [0.05, 0.1) is 38.1 Å². The zero-order chi connectivity index (χ0) is 29.8. The Balaban J connectivity index is 1.69. The van der Waals surface area contributed by atoms with Gasteiger partial charge < -0.3 is 24.4 Å². The maximum absolute atomic E-state index is 13.0. The molecule has 2 saturated heterocycles. The van der Waals surface area contributed by atoms with Gasteiger partial charge in [-0.25, -0.2) is 29.4 Å². The van der Waals surface area contributed by atoms with E-state index >= 15 is 0 Å². The number of carbonyl (C=O) groups is 4. The molecule has 1 aromatic heterocycles. The fourth-order valence-electron chi connectivity index (χ4n) is 3.88. The number of ether oxygens (including phenoxy) is 3. The summed E-state index contributed by atoms with van der Waals surface area (Å²) in [5.41, 5.74) is -0.994. The Labute approximate surface area is 243 Å². The number of nitrogens with one attached hydrogen (secondary N) is 1. The summed E-state index contributed by atoms with van der Waals surface area (Å²) in [5, 5.41) is 5.03. The first-order valence-electron chi connectivity index (χ1n) is 12.8. The van der Waals surface area contributed by atoms with Gasteiger partial charge >= 0.3 is 18.3 Å². The highest BCUT2D eigenvalue weighted by Gasteiger charge is 2.36. The van der Waals surface area contributed by atoms with Crippen LogP contribution in [-0.2, 0) is 19.0 Å². The Bertz CT molecular complexity index is 1050. The molecule has 2 aliphatic rings. The van der Waals surface area contributed by atoms with E-state index in [4.69, 9.17) is 37.4 Å². The largest absolute Gasteiger partial charge is 0.442 e. The number of aromatic nitrogens is 1. The van der Waals surface area contributed by atoms with Crippen LogP contribution in [0.2, 0.25) is 0 Å². The molecule has 1 N–H and O–H groups in total. The lowest BCUT2D eigenvalue weighted by molar-refractivity contribution is -0.119. The fraction of sp³-hybridized carbons (Fsp3) is 0.640. The molecule has 3 heterocycles. The van der Waals surface area contributed by atoms with Gasteiger partial charge in [-0.05, 0) is 53.7 Å². The normalized spacial score (nSPS) is 18.4. The van der Waals surface area contributed by atoms with Gasteiger partial charge in [0, 0.05) is 13.1 Å². The molecule has 1 atom stereocenters. The van der Waals surface area contributed by atoms with E-state index in [1.54, 1.807) is 53.7 Å². The Morgan fingerprint density at radius 2 is 1.55 bits per heavy atom. The van der Waals surface area contributed by atoms with Crippen molar-refractivity contribution in [3.05, 3.63) is 18.3 Å². The molecule has 13 nitrogen and oxygen atoms in total. The summed E-state index contributed by atoms with van der Waals surface area (Å²) in [7, 11) is 0. The third kappa shape index (κ3) is 8.65. The molecule has 2 fully saturated rings. The van der Waals surface area contributed by atoms with Crippen molar-refractivity contribution in [3.63, 3.8) is 0 Å². The van der Waals surface area contributed by atoms with E-state index < -0.39 is 46.3 Å². The predicted octanol–water partition coefficient (Wildman–Crippen LogP) is 3.54. The molecule has 40 heavy (non-hydrogen) atoms. The van der Waals surface area contributed by atoms with E-state index in [0.717, 1.165) is 0 Å². The summed E-state index contributed by atoms with van der Waals surface area (Å²) in [6, 6.07) is 3.46. The molecule has 15 heteroatoms. The van der Waals surface area contributed by atoms with Crippen molar-refractivity contribution >= 4 is 58.9 Å². The molecule has 0 unspecified atom stereocenters. The fourth-order valence-corrected chi connectivity index (χ4v) is 4.03. The number of anilines is 2. The van der Waals surface area contributed by atoms with Gasteiger partial charge in [0.1, 0.15) is 23.1 Å². The number of halogens is 2. The highest BCUT2D eigenvalue weighted by atomic mass is 35.5. The monoisotopic (exact) mass is 602 g/mol. The average Bonchev–Trinajstić information content (AvgIpc) is 3.05. The third-order valence-corrected chi connectivity index (χ3v) is 6.00. The summed E-state index contributed by atoms with van der Waals surface area (Å²) >= 11 is 11.1. The van der Waals surface area contributed by atoms with Crippen LogP contribution < -0.4 is 15.1 Å². The van der Waals surface area contributed by atoms with Crippen molar-refractivity contribution in [2.75, 3.05) is 49.1 Å². The Hall–Kier alpha value is -3.19. The second kappa shape index (κ2) is 12.5. The molecule has 222 valence electrons. The van der Waals surface area contributed by atoms with Gasteiger partial charge in [-0.1, -0.05) is 23.2 Å². The molecule has 0 radical (unpaired) electrons. The smallest absolute Gasteiger partial charge is 0.429 e. The summed E-state index contributed by atoms with van der Waals surface area (Å²) in [6.07, 6.45) is -0.930. The molecule has 1 aromatic rings. The van der Waals surface area contributed by atoms with Gasteiger partial charge in [0.25, 0.3) is 5.91 Å². The van der Waals surface area contributed by atoms with Gasteiger partial charge in [-0.2, -0.15) is 0 Å². The Morgan fingerprint density at radius 1 is 1.00 bits per heavy atom. The van der Waals surface area contributed by atoms with Crippen LogP contribution in [0.4, 0.5) is 25.9 Å². The number of hydrogen-bond acceptors (Lipinski definition) is 9. The van der Waals surface area contributed by atoms with Crippen LogP contribution in [0, 0.1) is 0 Å². The number of rotatable bonds is 5. The second-order valence-electron chi connectivity index (χ2n) is 11.2. The van der Waals surface area contributed by atoms with E-state index in [-0.39, 0.29) is 26.2 Å². The summed E-state index contributed by atoms with van der Waals surface area (Å²) in [5.74, 6) is 0.0161. The minimum absolute atomic E-state index is 0.0681. The van der Waals surface area contributed by atoms with Crippen molar-refractivity contribution in [1.29, 1.82) is 0 Å². The number of nitrogens with zero attached hydrogens (tertiary/aromatic N) is 5. The topological polar surface area (TPSA) is 134 Å². The second-order valence-corrected chi connectivity index (χ2v) is 12.3. The lowest BCUT2D eigenvalue weighted by Crippen LogP contribution is -2.53. The minimum Gasteiger partial charge on any atom is -0.442 e. The highest BCUT2D eigenvalue weighted by Crippen LogP contribution is 2.24. The number of amides is 4. The van der Waals surface area contributed by atoms with Crippen molar-refractivity contribution in [2.24, 2.45) is 0 Å². The first-order valence-corrected chi connectivity index (χ1v) is 13.7. The van der Waals surface area contributed by atoms with Gasteiger partial charge in [0.2, 0.25) is 0 Å². The van der Waals surface area contributed by atoms with E-state index in [1.165, 1.54) is 21.1 Å². The first kappa shape index (κ1) is 31.3. The van der Waals surface area contributed by atoms with E-state index in [0.29, 0.717) is 24.6 Å². The molecule has 0 spiro atoms. The molecule has 0 aromatic carbocycles. The van der Waals surface area contributed by atoms with Crippen LogP contribution in [0.1, 0.15) is 41.5 Å².